The summed E-state index contributed by atoms with van der Waals surface area (Å²) in [6.45, 7) is 2.15. The summed E-state index contributed by atoms with van der Waals surface area (Å²) in [6, 6.07) is 12.9. The van der Waals surface area contributed by atoms with Crippen LogP contribution >= 0.6 is 0 Å². The third kappa shape index (κ3) is 4.64. The van der Waals surface area contributed by atoms with Crippen LogP contribution in [0.3, 0.4) is 0 Å². The summed E-state index contributed by atoms with van der Waals surface area (Å²) >= 11 is 0. The molecule has 6 heteroatoms. The number of anilines is 1. The van der Waals surface area contributed by atoms with Gasteiger partial charge in [0, 0.05) is 31.5 Å². The molecule has 0 bridgehead atoms. The summed E-state index contributed by atoms with van der Waals surface area (Å²) in [5.74, 6) is -0.258. The first-order chi connectivity index (χ1) is 12.1. The molecule has 0 unspecified atom stereocenters. The van der Waals surface area contributed by atoms with E-state index in [0.717, 1.165) is 18.4 Å². The van der Waals surface area contributed by atoms with Gasteiger partial charge in [-0.1, -0.05) is 18.2 Å². The molecule has 25 heavy (non-hydrogen) atoms. The van der Waals surface area contributed by atoms with E-state index in [1.807, 2.05) is 24.3 Å². The molecule has 0 saturated carbocycles. The number of pyridine rings is 1. The molecule has 2 amide bonds. The molecular weight excluding hydrogens is 318 g/mol. The van der Waals surface area contributed by atoms with E-state index in [1.165, 1.54) is 6.92 Å². The zero-order valence-corrected chi connectivity index (χ0v) is 14.1. The largest absolute Gasteiger partial charge is 0.373 e. The summed E-state index contributed by atoms with van der Waals surface area (Å²) in [5.41, 5.74) is 2.11. The second-order valence-electron chi connectivity index (χ2n) is 6.07. The minimum Gasteiger partial charge on any atom is -0.373 e. The first kappa shape index (κ1) is 17.1. The molecule has 2 atom stereocenters. The van der Waals surface area contributed by atoms with Crippen molar-refractivity contribution in [3.63, 3.8) is 0 Å². The Morgan fingerprint density at radius 1 is 1.16 bits per heavy atom. The van der Waals surface area contributed by atoms with Gasteiger partial charge in [0.05, 0.1) is 6.10 Å². The lowest BCUT2D eigenvalue weighted by molar-refractivity contribution is -0.120. The van der Waals surface area contributed by atoms with Crippen molar-refractivity contribution < 1.29 is 14.3 Å². The van der Waals surface area contributed by atoms with Gasteiger partial charge in [-0.2, -0.15) is 0 Å². The van der Waals surface area contributed by atoms with Crippen LogP contribution in [-0.2, 0) is 9.53 Å². The molecule has 3 rings (SSSR count). The van der Waals surface area contributed by atoms with E-state index in [1.54, 1.807) is 24.4 Å². The van der Waals surface area contributed by atoms with Crippen LogP contribution in [0.5, 0.6) is 0 Å². The fraction of sp³-hybridized carbons (Fsp3) is 0.316. The first-order valence-electron chi connectivity index (χ1n) is 8.33. The second-order valence-corrected chi connectivity index (χ2v) is 6.07. The van der Waals surface area contributed by atoms with Gasteiger partial charge < -0.3 is 15.4 Å². The van der Waals surface area contributed by atoms with Crippen molar-refractivity contribution >= 4 is 17.5 Å². The zero-order chi connectivity index (χ0) is 17.6. The molecule has 2 heterocycles. The molecule has 2 N–H and O–H groups in total. The van der Waals surface area contributed by atoms with Crippen molar-refractivity contribution in [2.24, 2.45) is 0 Å². The molecule has 1 saturated heterocycles. The standard InChI is InChI=1S/C19H21N3O3/c1-13(23)21-16-9-11-25-18(12-16)14-5-7-15(8-6-14)22-19(24)17-4-2-3-10-20-17/h2-8,10,16,18H,9,11-12H2,1H3,(H,21,23)(H,22,24)/t16-,18+/m1/s1. The highest BCUT2D eigenvalue weighted by atomic mass is 16.5. The van der Waals surface area contributed by atoms with Gasteiger partial charge in [0.25, 0.3) is 5.91 Å². The Bertz CT molecular complexity index is 731. The molecular formula is C19H21N3O3. The van der Waals surface area contributed by atoms with Gasteiger partial charge in [-0.05, 0) is 42.7 Å². The van der Waals surface area contributed by atoms with Gasteiger partial charge in [-0.15, -0.1) is 0 Å². The molecule has 2 aromatic rings. The number of rotatable bonds is 4. The van der Waals surface area contributed by atoms with Gasteiger partial charge in [-0.3, -0.25) is 14.6 Å². The Labute approximate surface area is 146 Å². The predicted octanol–water partition coefficient (Wildman–Crippen LogP) is 2.69. The molecule has 1 aromatic heterocycles. The molecule has 1 aliphatic heterocycles. The molecule has 1 aliphatic rings. The molecule has 0 aliphatic carbocycles. The second kappa shape index (κ2) is 7.90. The lowest BCUT2D eigenvalue weighted by Gasteiger charge is -2.30. The van der Waals surface area contributed by atoms with Crippen molar-refractivity contribution in [1.82, 2.24) is 10.3 Å². The van der Waals surface area contributed by atoms with Gasteiger partial charge in [0.1, 0.15) is 5.69 Å². The van der Waals surface area contributed by atoms with E-state index in [-0.39, 0.29) is 24.0 Å². The van der Waals surface area contributed by atoms with E-state index in [4.69, 9.17) is 4.74 Å². The molecule has 130 valence electrons. The number of hydrogen-bond donors (Lipinski definition) is 2. The highest BCUT2D eigenvalue weighted by Gasteiger charge is 2.24. The van der Waals surface area contributed by atoms with Gasteiger partial charge >= 0.3 is 0 Å². The Morgan fingerprint density at radius 3 is 2.64 bits per heavy atom. The lowest BCUT2D eigenvalue weighted by atomic mass is 9.97. The molecule has 0 radical (unpaired) electrons. The van der Waals surface area contributed by atoms with Crippen LogP contribution in [-0.4, -0.2) is 29.4 Å². The van der Waals surface area contributed by atoms with Crippen LogP contribution in [0.4, 0.5) is 5.69 Å². The Kier molecular flexibility index (Phi) is 5.40. The van der Waals surface area contributed by atoms with E-state index >= 15 is 0 Å². The van der Waals surface area contributed by atoms with Crippen molar-refractivity contribution in [3.05, 3.63) is 59.9 Å². The average molecular weight is 339 g/mol. The predicted molar refractivity (Wildman–Crippen MR) is 94.2 cm³/mol. The highest BCUT2D eigenvalue weighted by molar-refractivity contribution is 6.02. The normalized spacial score (nSPS) is 19.9. The third-order valence-corrected chi connectivity index (χ3v) is 4.13. The maximum atomic E-state index is 12.1. The van der Waals surface area contributed by atoms with Crippen molar-refractivity contribution in [3.8, 4) is 0 Å². The minimum absolute atomic E-state index is 0.0155. The van der Waals surface area contributed by atoms with E-state index in [0.29, 0.717) is 18.0 Å². The zero-order valence-electron chi connectivity index (χ0n) is 14.1. The summed E-state index contributed by atoms with van der Waals surface area (Å²) < 4.78 is 5.82. The summed E-state index contributed by atoms with van der Waals surface area (Å²) in [5, 5.41) is 5.78. The van der Waals surface area contributed by atoms with Crippen LogP contribution < -0.4 is 10.6 Å². The van der Waals surface area contributed by atoms with Crippen LogP contribution in [0.2, 0.25) is 0 Å². The van der Waals surface area contributed by atoms with Crippen molar-refractivity contribution in [2.75, 3.05) is 11.9 Å². The van der Waals surface area contributed by atoms with Crippen LogP contribution in [0, 0.1) is 0 Å². The summed E-state index contributed by atoms with van der Waals surface area (Å²) in [6.07, 6.45) is 3.11. The average Bonchev–Trinajstić information content (AvgIpc) is 2.63. The number of aromatic nitrogens is 1. The minimum atomic E-state index is -0.243. The quantitative estimate of drug-likeness (QED) is 0.897. The number of benzene rings is 1. The Morgan fingerprint density at radius 2 is 1.96 bits per heavy atom. The van der Waals surface area contributed by atoms with Crippen LogP contribution in [0.15, 0.2) is 48.7 Å². The Balaban J connectivity index is 1.62. The third-order valence-electron chi connectivity index (χ3n) is 4.13. The topological polar surface area (TPSA) is 80.3 Å². The number of nitrogens with zero attached hydrogens (tertiary/aromatic N) is 1. The molecule has 1 aromatic carbocycles. The number of carbonyl (C=O) groups is 2. The maximum absolute atomic E-state index is 12.1. The van der Waals surface area contributed by atoms with Gasteiger partial charge in [0.15, 0.2) is 0 Å². The van der Waals surface area contributed by atoms with Crippen molar-refractivity contribution in [1.29, 1.82) is 0 Å². The van der Waals surface area contributed by atoms with Gasteiger partial charge in [-0.25, -0.2) is 0 Å². The van der Waals surface area contributed by atoms with E-state index in [9.17, 15) is 9.59 Å². The van der Waals surface area contributed by atoms with Gasteiger partial charge in [0.2, 0.25) is 5.91 Å². The number of carbonyl (C=O) groups excluding carboxylic acids is 2. The molecule has 6 nitrogen and oxygen atoms in total. The SMILES string of the molecule is CC(=O)N[C@@H]1CCO[C@H](c2ccc(NC(=O)c3ccccn3)cc2)C1. The maximum Gasteiger partial charge on any atom is 0.274 e. The fourth-order valence-electron chi connectivity index (χ4n) is 2.92. The number of hydrogen-bond acceptors (Lipinski definition) is 4. The smallest absolute Gasteiger partial charge is 0.274 e. The Hall–Kier alpha value is -2.73. The van der Waals surface area contributed by atoms with Crippen molar-refractivity contribution in [2.45, 2.75) is 31.9 Å². The summed E-state index contributed by atoms with van der Waals surface area (Å²) in [4.78, 5) is 27.4. The monoisotopic (exact) mass is 339 g/mol. The fourth-order valence-corrected chi connectivity index (χ4v) is 2.92. The molecule has 0 spiro atoms. The number of ether oxygens (including phenoxy) is 1. The summed E-state index contributed by atoms with van der Waals surface area (Å²) in [7, 11) is 0. The number of amides is 2. The number of nitrogens with one attached hydrogen (secondary N) is 2. The van der Waals surface area contributed by atoms with Crippen LogP contribution in [0.25, 0.3) is 0 Å². The lowest BCUT2D eigenvalue weighted by Crippen LogP contribution is -2.38. The van der Waals surface area contributed by atoms with Crippen LogP contribution in [0.1, 0.15) is 41.9 Å². The molecule has 1 fully saturated rings. The highest BCUT2D eigenvalue weighted by Crippen LogP contribution is 2.29. The van der Waals surface area contributed by atoms with E-state index < -0.39 is 0 Å². The first-order valence-corrected chi connectivity index (χ1v) is 8.33. The van der Waals surface area contributed by atoms with E-state index in [2.05, 4.69) is 15.6 Å².